The highest BCUT2D eigenvalue weighted by atomic mass is 32.2. The molecule has 1 aromatic rings. The third kappa shape index (κ3) is 6.10. The van der Waals surface area contributed by atoms with Gasteiger partial charge in [0.2, 0.25) is 10.0 Å². The van der Waals surface area contributed by atoms with Gasteiger partial charge >= 0.3 is 0 Å². The molecule has 0 fully saturated rings. The minimum atomic E-state index is -3.44. The van der Waals surface area contributed by atoms with Crippen LogP contribution in [-0.4, -0.2) is 15.0 Å². The molecule has 0 heterocycles. The molecule has 4 heteroatoms. The molecule has 0 amide bonds. The number of hydrogen-bond donors (Lipinski definition) is 1. The molecule has 3 nitrogen and oxygen atoms in total. The van der Waals surface area contributed by atoms with Crippen molar-refractivity contribution in [2.24, 2.45) is 0 Å². The van der Waals surface area contributed by atoms with Gasteiger partial charge in [-0.1, -0.05) is 51.9 Å². The molecule has 0 aliphatic rings. The highest BCUT2D eigenvalue weighted by Gasteiger charge is 2.23. The lowest BCUT2D eigenvalue weighted by molar-refractivity contribution is 0.558. The van der Waals surface area contributed by atoms with Gasteiger partial charge in [0.25, 0.3) is 0 Å². The van der Waals surface area contributed by atoms with E-state index < -0.39 is 10.0 Å². The van der Waals surface area contributed by atoms with E-state index in [1.807, 2.05) is 27.7 Å². The number of rotatable bonds is 11. The van der Waals surface area contributed by atoms with Gasteiger partial charge in [0.05, 0.1) is 4.90 Å². The molecule has 1 rings (SSSR count). The van der Waals surface area contributed by atoms with E-state index in [9.17, 15) is 8.42 Å². The lowest BCUT2D eigenvalue weighted by Gasteiger charge is -2.19. The van der Waals surface area contributed by atoms with Crippen molar-refractivity contribution in [3.05, 3.63) is 27.8 Å². The van der Waals surface area contributed by atoms with Crippen molar-refractivity contribution >= 4 is 10.0 Å². The highest BCUT2D eigenvalue weighted by Crippen LogP contribution is 2.29. The second-order valence-corrected chi connectivity index (χ2v) is 9.03. The van der Waals surface area contributed by atoms with Crippen LogP contribution >= 0.6 is 0 Å². The standard InChI is InChI=1S/C21H37NO2S/c1-7-8-9-10-11-12-13-14-15-22-25(23,24)21-19(5)17(3)16(2)18(4)20(21)6/h22H,7-15H2,1-6H3. The first-order chi connectivity index (χ1) is 11.7. The van der Waals surface area contributed by atoms with E-state index in [4.69, 9.17) is 0 Å². The molecular formula is C21H37NO2S. The van der Waals surface area contributed by atoms with Crippen LogP contribution in [0.1, 0.15) is 86.1 Å². The molecule has 25 heavy (non-hydrogen) atoms. The van der Waals surface area contributed by atoms with Gasteiger partial charge in [-0.25, -0.2) is 13.1 Å². The summed E-state index contributed by atoms with van der Waals surface area (Å²) in [6.07, 6.45) is 9.71. The number of nitrogens with one attached hydrogen (secondary N) is 1. The number of sulfonamides is 1. The van der Waals surface area contributed by atoms with E-state index in [1.165, 1.54) is 44.1 Å². The first-order valence-electron chi connectivity index (χ1n) is 9.80. The third-order valence-electron chi connectivity index (χ3n) is 5.52. The maximum absolute atomic E-state index is 12.8. The number of benzene rings is 1. The van der Waals surface area contributed by atoms with Gasteiger partial charge in [0.15, 0.2) is 0 Å². The number of hydrogen-bond acceptors (Lipinski definition) is 2. The van der Waals surface area contributed by atoms with Gasteiger partial charge in [0.1, 0.15) is 0 Å². The van der Waals surface area contributed by atoms with E-state index in [-0.39, 0.29) is 0 Å². The van der Waals surface area contributed by atoms with Gasteiger partial charge < -0.3 is 0 Å². The Kier molecular flexibility index (Phi) is 9.15. The zero-order valence-electron chi connectivity index (χ0n) is 17.1. The topological polar surface area (TPSA) is 46.2 Å². The summed E-state index contributed by atoms with van der Waals surface area (Å²) < 4.78 is 28.4. The van der Waals surface area contributed by atoms with Crippen LogP contribution in [0, 0.1) is 34.6 Å². The molecule has 0 saturated heterocycles. The average Bonchev–Trinajstić information content (AvgIpc) is 2.56. The Morgan fingerprint density at radius 1 is 0.640 bits per heavy atom. The predicted molar refractivity (Wildman–Crippen MR) is 108 cm³/mol. The van der Waals surface area contributed by atoms with Crippen molar-refractivity contribution in [1.82, 2.24) is 4.72 Å². The molecule has 0 unspecified atom stereocenters. The largest absolute Gasteiger partial charge is 0.241 e. The maximum Gasteiger partial charge on any atom is 0.241 e. The fourth-order valence-electron chi connectivity index (χ4n) is 3.41. The summed E-state index contributed by atoms with van der Waals surface area (Å²) in [7, 11) is -3.44. The second-order valence-electron chi connectivity index (χ2n) is 7.33. The minimum absolute atomic E-state index is 0.479. The fraction of sp³-hybridized carbons (Fsp3) is 0.714. The Balaban J connectivity index is 2.58. The van der Waals surface area contributed by atoms with Crippen LogP contribution in [0.3, 0.4) is 0 Å². The van der Waals surface area contributed by atoms with Crippen molar-refractivity contribution in [2.45, 2.75) is 97.8 Å². The van der Waals surface area contributed by atoms with Crippen molar-refractivity contribution in [2.75, 3.05) is 6.54 Å². The zero-order chi connectivity index (χ0) is 19.0. The Morgan fingerprint density at radius 3 is 1.52 bits per heavy atom. The Bertz CT molecular complexity index is 634. The van der Waals surface area contributed by atoms with E-state index in [1.54, 1.807) is 0 Å². The van der Waals surface area contributed by atoms with Gasteiger partial charge in [-0.2, -0.15) is 0 Å². The van der Waals surface area contributed by atoms with Crippen LogP contribution in [0.15, 0.2) is 4.90 Å². The summed E-state index contributed by atoms with van der Waals surface area (Å²) in [6.45, 7) is 12.7. The molecule has 0 spiro atoms. The van der Waals surface area contributed by atoms with Gasteiger partial charge in [0, 0.05) is 6.54 Å². The third-order valence-corrected chi connectivity index (χ3v) is 7.26. The van der Waals surface area contributed by atoms with E-state index >= 15 is 0 Å². The van der Waals surface area contributed by atoms with Crippen LogP contribution in [0.4, 0.5) is 0 Å². The molecule has 1 N–H and O–H groups in total. The average molecular weight is 368 g/mol. The molecule has 0 aliphatic heterocycles. The predicted octanol–water partition coefficient (Wildman–Crippen LogP) is 5.65. The number of unbranched alkanes of at least 4 members (excludes halogenated alkanes) is 7. The second kappa shape index (κ2) is 10.3. The molecule has 0 atom stereocenters. The smallest absolute Gasteiger partial charge is 0.211 e. The SMILES string of the molecule is CCCCCCCCCCNS(=O)(=O)c1c(C)c(C)c(C)c(C)c1C. The quantitative estimate of drug-likeness (QED) is 0.514. The lowest BCUT2D eigenvalue weighted by atomic mass is 9.95. The zero-order valence-corrected chi connectivity index (χ0v) is 17.9. The summed E-state index contributed by atoms with van der Waals surface area (Å²) in [4.78, 5) is 0.479. The van der Waals surface area contributed by atoms with Crippen LogP contribution in [-0.2, 0) is 10.0 Å². The molecule has 0 bridgehead atoms. The Hall–Kier alpha value is -0.870. The normalized spacial score (nSPS) is 11.9. The maximum atomic E-state index is 12.8. The van der Waals surface area contributed by atoms with Crippen LogP contribution in [0.5, 0.6) is 0 Å². The van der Waals surface area contributed by atoms with E-state index in [0.29, 0.717) is 11.4 Å². The molecule has 1 aromatic carbocycles. The van der Waals surface area contributed by atoms with Gasteiger partial charge in [-0.15, -0.1) is 0 Å². The Labute approximate surface area is 155 Å². The van der Waals surface area contributed by atoms with Crippen LogP contribution in [0.2, 0.25) is 0 Å². The molecule has 0 radical (unpaired) electrons. The van der Waals surface area contributed by atoms with Crippen molar-refractivity contribution < 1.29 is 8.42 Å². The van der Waals surface area contributed by atoms with E-state index in [2.05, 4.69) is 18.6 Å². The summed E-state index contributed by atoms with van der Waals surface area (Å²) >= 11 is 0. The first-order valence-corrected chi connectivity index (χ1v) is 11.3. The van der Waals surface area contributed by atoms with Crippen LogP contribution in [0.25, 0.3) is 0 Å². The molecule has 0 saturated carbocycles. The summed E-state index contributed by atoms with van der Waals surface area (Å²) in [6, 6.07) is 0. The first kappa shape index (κ1) is 22.2. The summed E-state index contributed by atoms with van der Waals surface area (Å²) in [5.41, 5.74) is 5.11. The van der Waals surface area contributed by atoms with Crippen molar-refractivity contribution in [3.63, 3.8) is 0 Å². The minimum Gasteiger partial charge on any atom is -0.211 e. The molecule has 144 valence electrons. The fourth-order valence-corrected chi connectivity index (χ4v) is 5.08. The van der Waals surface area contributed by atoms with Gasteiger partial charge in [-0.3, -0.25) is 0 Å². The monoisotopic (exact) mass is 367 g/mol. The van der Waals surface area contributed by atoms with Crippen molar-refractivity contribution in [1.29, 1.82) is 0 Å². The lowest BCUT2D eigenvalue weighted by Crippen LogP contribution is -2.27. The molecular weight excluding hydrogens is 330 g/mol. The molecule has 0 aromatic heterocycles. The van der Waals surface area contributed by atoms with Crippen molar-refractivity contribution in [3.8, 4) is 0 Å². The van der Waals surface area contributed by atoms with Crippen LogP contribution < -0.4 is 4.72 Å². The van der Waals surface area contributed by atoms with Gasteiger partial charge in [-0.05, 0) is 68.9 Å². The Morgan fingerprint density at radius 2 is 1.04 bits per heavy atom. The van der Waals surface area contributed by atoms with E-state index in [0.717, 1.165) is 35.1 Å². The molecule has 0 aliphatic carbocycles. The highest BCUT2D eigenvalue weighted by molar-refractivity contribution is 7.89. The summed E-state index contributed by atoms with van der Waals surface area (Å²) in [5.74, 6) is 0. The summed E-state index contributed by atoms with van der Waals surface area (Å²) in [5, 5.41) is 0.